The van der Waals surface area contributed by atoms with Crippen LogP contribution in [0.5, 0.6) is 0 Å². The van der Waals surface area contributed by atoms with Crippen molar-refractivity contribution in [1.82, 2.24) is 0 Å². The number of esters is 4. The van der Waals surface area contributed by atoms with Gasteiger partial charge in [-0.3, -0.25) is 37.3 Å². The summed E-state index contributed by atoms with van der Waals surface area (Å²) in [5, 5.41) is 10.6. The van der Waals surface area contributed by atoms with E-state index in [0.717, 1.165) is 102 Å². The van der Waals surface area contributed by atoms with Gasteiger partial charge in [-0.2, -0.15) is 0 Å². The van der Waals surface area contributed by atoms with Crippen molar-refractivity contribution in [2.45, 2.75) is 439 Å². The van der Waals surface area contributed by atoms with E-state index in [1.807, 2.05) is 0 Å². The Morgan fingerprint density at radius 3 is 0.687 bits per heavy atom. The molecule has 0 heterocycles. The molecule has 0 radical (unpaired) electrons. The molecule has 0 aromatic rings. The Labute approximate surface area is 607 Å². The van der Waals surface area contributed by atoms with Gasteiger partial charge in [0, 0.05) is 25.7 Å². The minimum atomic E-state index is -4.96. The van der Waals surface area contributed by atoms with E-state index in [1.165, 1.54) is 238 Å². The second-order valence-electron chi connectivity index (χ2n) is 29.8. The first-order valence-electron chi connectivity index (χ1n) is 41.5. The fraction of sp³-hybridized carbons (Fsp3) is 0.950. The highest BCUT2D eigenvalue weighted by molar-refractivity contribution is 7.47. The summed E-state index contributed by atoms with van der Waals surface area (Å²) in [5.74, 6) is -0.560. The minimum absolute atomic E-state index is 0.107. The Bertz CT molecular complexity index is 1910. The number of carbonyl (C=O) groups excluding carboxylic acids is 4. The summed E-state index contributed by atoms with van der Waals surface area (Å²) in [5.41, 5.74) is 0. The zero-order chi connectivity index (χ0) is 72.8. The maximum atomic E-state index is 13.1. The second-order valence-corrected chi connectivity index (χ2v) is 32.7. The molecule has 5 atom stereocenters. The van der Waals surface area contributed by atoms with Gasteiger partial charge in [0.1, 0.15) is 19.3 Å². The molecule has 0 rings (SSSR count). The quantitative estimate of drug-likeness (QED) is 0.0222. The molecule has 17 nitrogen and oxygen atoms in total. The van der Waals surface area contributed by atoms with Gasteiger partial charge in [-0.25, -0.2) is 9.13 Å². The van der Waals surface area contributed by atoms with Crippen LogP contribution in [-0.2, 0) is 65.4 Å². The third-order valence-electron chi connectivity index (χ3n) is 18.7. The van der Waals surface area contributed by atoms with E-state index < -0.39 is 97.5 Å². The lowest BCUT2D eigenvalue weighted by molar-refractivity contribution is -0.161. The molecule has 0 saturated heterocycles. The normalized spacial score (nSPS) is 13.9. The van der Waals surface area contributed by atoms with Gasteiger partial charge < -0.3 is 33.8 Å². The lowest BCUT2D eigenvalue weighted by Gasteiger charge is -2.21. The van der Waals surface area contributed by atoms with Crippen molar-refractivity contribution in [2.75, 3.05) is 39.6 Å². The molecule has 99 heavy (non-hydrogen) atoms. The van der Waals surface area contributed by atoms with E-state index in [9.17, 15) is 43.2 Å². The third kappa shape index (κ3) is 74.1. The summed E-state index contributed by atoms with van der Waals surface area (Å²) >= 11 is 0. The summed E-state index contributed by atoms with van der Waals surface area (Å²) in [6, 6.07) is 0. The Hall–Kier alpha value is -1.94. The van der Waals surface area contributed by atoms with E-state index in [0.29, 0.717) is 25.7 Å². The van der Waals surface area contributed by atoms with E-state index >= 15 is 0 Å². The highest BCUT2D eigenvalue weighted by atomic mass is 31.2. The first-order chi connectivity index (χ1) is 47.9. The summed E-state index contributed by atoms with van der Waals surface area (Å²) in [7, 11) is -9.92. The Kier molecular flexibility index (Phi) is 70.3. The number of rotatable bonds is 79. The van der Waals surface area contributed by atoms with Gasteiger partial charge in [-0.1, -0.05) is 369 Å². The van der Waals surface area contributed by atoms with Crippen molar-refractivity contribution in [3.8, 4) is 0 Å². The number of ether oxygens (including phenoxy) is 4. The van der Waals surface area contributed by atoms with Crippen molar-refractivity contribution in [3.05, 3.63) is 0 Å². The van der Waals surface area contributed by atoms with Gasteiger partial charge in [0.15, 0.2) is 12.2 Å². The van der Waals surface area contributed by atoms with Gasteiger partial charge in [0.2, 0.25) is 0 Å². The molecule has 0 aliphatic carbocycles. The van der Waals surface area contributed by atoms with E-state index in [4.69, 9.17) is 37.0 Å². The van der Waals surface area contributed by atoms with Crippen LogP contribution >= 0.6 is 15.6 Å². The van der Waals surface area contributed by atoms with Gasteiger partial charge in [-0.15, -0.1) is 0 Å². The summed E-state index contributed by atoms with van der Waals surface area (Å²) < 4.78 is 68.7. The Balaban J connectivity index is 5.26. The smallest absolute Gasteiger partial charge is 0.462 e. The van der Waals surface area contributed by atoms with Crippen LogP contribution in [0.15, 0.2) is 0 Å². The molecule has 3 N–H and O–H groups in total. The molecule has 2 unspecified atom stereocenters. The number of unbranched alkanes of at least 4 members (excludes halogenated alkanes) is 49. The van der Waals surface area contributed by atoms with Crippen molar-refractivity contribution >= 4 is 39.5 Å². The summed E-state index contributed by atoms with van der Waals surface area (Å²) in [6.07, 6.45) is 60.9. The molecule has 0 saturated carbocycles. The zero-order valence-corrected chi connectivity index (χ0v) is 66.6. The molecular weight excluding hydrogens is 1290 g/mol. The van der Waals surface area contributed by atoms with Gasteiger partial charge in [-0.05, 0) is 37.5 Å². The van der Waals surface area contributed by atoms with Crippen LogP contribution < -0.4 is 0 Å². The average Bonchev–Trinajstić information content (AvgIpc) is 0.996. The first kappa shape index (κ1) is 97.1. The Morgan fingerprint density at radius 1 is 0.273 bits per heavy atom. The molecule has 0 fully saturated rings. The molecule has 0 aromatic carbocycles. The lowest BCUT2D eigenvalue weighted by atomic mass is 10.0. The number of phosphoric ester groups is 2. The largest absolute Gasteiger partial charge is 0.472 e. The molecule has 0 bridgehead atoms. The SMILES string of the molecule is CCCCCCCCCCCCCCCCCCC(=O)OC[C@H](COP(=O)(O)OC[C@@H](O)COP(=O)(O)OC[C@@H](COC(=O)CCCCCCCCCCCCCCC)OC(=O)CCCCCCCCCCCCC(C)C)OC(=O)CCCCCCCCCCCCCCCCC(C)C. The summed E-state index contributed by atoms with van der Waals surface area (Å²) in [6.45, 7) is 9.65. The lowest BCUT2D eigenvalue weighted by Crippen LogP contribution is -2.30. The average molecular weight is 1450 g/mol. The number of aliphatic hydroxyl groups is 1. The van der Waals surface area contributed by atoms with Crippen molar-refractivity contribution in [1.29, 1.82) is 0 Å². The van der Waals surface area contributed by atoms with Crippen LogP contribution in [0.25, 0.3) is 0 Å². The molecule has 0 amide bonds. The second kappa shape index (κ2) is 71.7. The number of carbonyl (C=O) groups is 4. The number of aliphatic hydroxyl groups excluding tert-OH is 1. The predicted octanol–water partition coefficient (Wildman–Crippen LogP) is 23.9. The van der Waals surface area contributed by atoms with Crippen LogP contribution in [0.4, 0.5) is 0 Å². The van der Waals surface area contributed by atoms with Crippen LogP contribution in [-0.4, -0.2) is 96.7 Å². The highest BCUT2D eigenvalue weighted by Gasteiger charge is 2.30. The monoisotopic (exact) mass is 1450 g/mol. The van der Waals surface area contributed by atoms with Crippen LogP contribution in [0.2, 0.25) is 0 Å². The van der Waals surface area contributed by atoms with Crippen LogP contribution in [0, 0.1) is 11.8 Å². The zero-order valence-electron chi connectivity index (χ0n) is 64.8. The van der Waals surface area contributed by atoms with E-state index in [2.05, 4.69) is 41.5 Å². The number of hydrogen-bond acceptors (Lipinski definition) is 15. The first-order valence-corrected chi connectivity index (χ1v) is 44.5. The maximum absolute atomic E-state index is 13.1. The predicted molar refractivity (Wildman–Crippen MR) is 405 cm³/mol. The fourth-order valence-electron chi connectivity index (χ4n) is 12.4. The van der Waals surface area contributed by atoms with Crippen molar-refractivity contribution < 1.29 is 80.2 Å². The van der Waals surface area contributed by atoms with Gasteiger partial charge in [0.25, 0.3) is 0 Å². The van der Waals surface area contributed by atoms with E-state index in [1.54, 1.807) is 0 Å². The third-order valence-corrected chi connectivity index (χ3v) is 20.6. The molecule has 0 aliphatic rings. The highest BCUT2D eigenvalue weighted by Crippen LogP contribution is 2.45. The van der Waals surface area contributed by atoms with Gasteiger partial charge >= 0.3 is 39.5 Å². The molecule has 0 spiro atoms. The van der Waals surface area contributed by atoms with E-state index in [-0.39, 0.29) is 25.7 Å². The van der Waals surface area contributed by atoms with Crippen LogP contribution in [0.3, 0.4) is 0 Å². The van der Waals surface area contributed by atoms with Crippen molar-refractivity contribution in [3.63, 3.8) is 0 Å². The number of phosphoric acid groups is 2. The Morgan fingerprint density at radius 2 is 0.465 bits per heavy atom. The number of hydrogen-bond donors (Lipinski definition) is 3. The van der Waals surface area contributed by atoms with Crippen molar-refractivity contribution in [2.24, 2.45) is 11.8 Å². The summed E-state index contributed by atoms with van der Waals surface area (Å²) in [4.78, 5) is 73.0. The molecule has 19 heteroatoms. The molecule has 0 aliphatic heterocycles. The van der Waals surface area contributed by atoms with Crippen LogP contribution in [0.1, 0.15) is 420 Å². The minimum Gasteiger partial charge on any atom is -0.462 e. The molecule has 0 aromatic heterocycles. The topological polar surface area (TPSA) is 237 Å². The maximum Gasteiger partial charge on any atom is 0.472 e. The standard InChI is InChI=1S/C80H156O17P2/c1-7-9-11-13-15-17-19-21-22-23-28-32-39-45-51-57-63-78(83)91-68-75(96-79(84)64-58-52-46-40-33-29-25-24-27-30-36-42-48-54-60-72(3)4)70-94-98(86,87)92-66-74(81)67-93-99(88,89)95-71-76(97-80(85)65-59-53-47-41-35-34-37-43-49-55-61-73(5)6)69-90-77(82)62-56-50-44-38-31-26-20-18-16-14-12-10-8-2/h72-76,81H,7-71H2,1-6H3,(H,86,87)(H,88,89)/t74-,75-,76-/m1/s1. The molecule has 588 valence electrons. The van der Waals surface area contributed by atoms with Gasteiger partial charge in [0.05, 0.1) is 26.4 Å². The fourth-order valence-corrected chi connectivity index (χ4v) is 13.9. The molecular formula is C80H156O17P2.